The Labute approximate surface area is 339 Å². The fourth-order valence-electron chi connectivity index (χ4n) is 7.81. The number of likely N-dealkylation sites (tertiary alicyclic amines) is 1. The third-order valence-corrected chi connectivity index (χ3v) is 13.9. The highest BCUT2D eigenvalue weighted by Gasteiger charge is 2.46. The molecule has 2 fully saturated rings. The monoisotopic (exact) mass is 814 g/mol. The highest BCUT2D eigenvalue weighted by molar-refractivity contribution is 6.78. The Kier molecular flexibility index (Phi) is 13.0. The van der Waals surface area contributed by atoms with Crippen LogP contribution in [0.1, 0.15) is 50.4 Å². The number of nitrogens with zero attached hydrogens (tertiary/aromatic N) is 4. The van der Waals surface area contributed by atoms with Crippen LogP contribution in [0.3, 0.4) is 0 Å². The predicted molar refractivity (Wildman–Crippen MR) is 219 cm³/mol. The normalized spacial score (nSPS) is 19.6. The summed E-state index contributed by atoms with van der Waals surface area (Å²) in [5.41, 5.74) is 5.66. The molecule has 16 nitrogen and oxygen atoms in total. The summed E-state index contributed by atoms with van der Waals surface area (Å²) in [5, 5.41) is 5.28. The summed E-state index contributed by atoms with van der Waals surface area (Å²) in [5.74, 6) is 0.911. The quantitative estimate of drug-likeness (QED) is 0.126. The van der Waals surface area contributed by atoms with Gasteiger partial charge >= 0.3 is 12.2 Å². The van der Waals surface area contributed by atoms with Gasteiger partial charge in [-0.1, -0.05) is 61.6 Å². The number of hydrogen-bond acceptors (Lipinski definition) is 10. The topological polar surface area (TPSA) is 193 Å². The minimum absolute atomic E-state index is 0.228. The first kappa shape index (κ1) is 42.1. The number of aromatic nitrogens is 4. The number of benzene rings is 2. The minimum Gasteiger partial charge on any atom is -0.453 e. The maximum atomic E-state index is 13.9. The molecule has 4 amide bonds. The van der Waals surface area contributed by atoms with Gasteiger partial charge in [0.05, 0.1) is 70.4 Å². The number of ether oxygens (including phenoxy) is 4. The van der Waals surface area contributed by atoms with Gasteiger partial charge in [0, 0.05) is 26.9 Å². The molecular weight excluding hydrogens is 761 g/mol. The summed E-state index contributed by atoms with van der Waals surface area (Å²) in [6.45, 7) is 8.52. The molecular formula is C41H54N8O8Si. The Hall–Kier alpha value is -5.52. The highest BCUT2D eigenvalue weighted by Crippen LogP contribution is 2.38. The van der Waals surface area contributed by atoms with E-state index in [2.05, 4.69) is 62.9 Å². The van der Waals surface area contributed by atoms with Crippen LogP contribution in [0.25, 0.3) is 33.6 Å². The van der Waals surface area contributed by atoms with E-state index >= 15 is 0 Å². The molecule has 310 valence electrons. The molecule has 58 heavy (non-hydrogen) atoms. The molecule has 0 spiro atoms. The lowest BCUT2D eigenvalue weighted by Crippen LogP contribution is -2.54. The van der Waals surface area contributed by atoms with Gasteiger partial charge in [-0.05, 0) is 55.0 Å². The number of alkyl carbamates (subject to hydrolysis) is 2. The van der Waals surface area contributed by atoms with Crippen LogP contribution in [0.15, 0.2) is 60.9 Å². The Morgan fingerprint density at radius 2 is 1.12 bits per heavy atom. The van der Waals surface area contributed by atoms with E-state index in [0.717, 1.165) is 52.5 Å². The number of H-pyrrole nitrogens is 2. The Balaban J connectivity index is 1.13. The van der Waals surface area contributed by atoms with Crippen molar-refractivity contribution >= 4 is 32.1 Å². The smallest absolute Gasteiger partial charge is 0.407 e. The zero-order chi connectivity index (χ0) is 41.7. The zero-order valence-electron chi connectivity index (χ0n) is 34.3. The summed E-state index contributed by atoms with van der Waals surface area (Å²) in [6.07, 6.45) is 3.25. The fraction of sp³-hybridized carbons (Fsp3) is 0.463. The van der Waals surface area contributed by atoms with E-state index in [0.29, 0.717) is 24.4 Å². The van der Waals surface area contributed by atoms with E-state index in [-0.39, 0.29) is 23.9 Å². The summed E-state index contributed by atoms with van der Waals surface area (Å²) < 4.78 is 20.4. The summed E-state index contributed by atoms with van der Waals surface area (Å²) in [4.78, 5) is 71.6. The van der Waals surface area contributed by atoms with Gasteiger partial charge in [-0.2, -0.15) is 0 Å². The summed E-state index contributed by atoms with van der Waals surface area (Å²) >= 11 is 0. The van der Waals surface area contributed by atoms with Crippen molar-refractivity contribution in [1.82, 2.24) is 40.4 Å². The molecule has 6 atom stereocenters. The molecule has 2 aromatic heterocycles. The maximum absolute atomic E-state index is 13.9. The second-order valence-corrected chi connectivity index (χ2v) is 20.7. The number of aromatic amines is 2. The maximum Gasteiger partial charge on any atom is 0.407 e. The second-order valence-electron chi connectivity index (χ2n) is 15.7. The predicted octanol–water partition coefficient (Wildman–Crippen LogP) is 5.45. The molecule has 6 rings (SSSR count). The number of amides is 4. The molecule has 0 bridgehead atoms. The van der Waals surface area contributed by atoms with Crippen molar-refractivity contribution in [2.24, 2.45) is 0 Å². The van der Waals surface area contributed by atoms with Crippen LogP contribution >= 0.6 is 0 Å². The number of nitrogens with one attached hydrogen (secondary N) is 4. The number of imidazole rings is 2. The van der Waals surface area contributed by atoms with Crippen LogP contribution in [0, 0.1) is 0 Å². The standard InChI is InChI=1S/C41H54N8O8Si/c1-24(54-3)34(46-40(52)56-5)38(50)48-19-9-10-32(48)36-42-20-30(44-36)28-15-11-26(12-16-28)27-13-17-29(18-14-27)31-21-43-37(45-31)33-22-58(7,8)23-49(33)39(51)35(25(2)55-4)47-41(53)57-6/h11-18,20-21,24-25,32-35H,9-10,19,22-23H2,1-8H3,(H,42,44)(H,43,45)(H,46,52)(H,47,53)/t24-,25-,32+,33+,34+,35+/m1/s1. The van der Waals surface area contributed by atoms with Gasteiger partial charge < -0.3 is 49.3 Å². The lowest BCUT2D eigenvalue weighted by Gasteiger charge is -2.31. The number of methoxy groups -OCH3 is 4. The lowest BCUT2D eigenvalue weighted by molar-refractivity contribution is -0.138. The average molecular weight is 815 g/mol. The summed E-state index contributed by atoms with van der Waals surface area (Å²) in [6, 6.07) is 14.9. The molecule has 0 radical (unpaired) electrons. The average Bonchev–Trinajstić information content (AvgIpc) is 4.07. The second kappa shape index (κ2) is 18.0. The third kappa shape index (κ3) is 9.11. The molecule has 2 saturated heterocycles. The minimum atomic E-state index is -1.80. The van der Waals surface area contributed by atoms with Crippen LogP contribution in [0.5, 0.6) is 0 Å². The first-order valence-corrected chi connectivity index (χ1v) is 22.9. The van der Waals surface area contributed by atoms with Gasteiger partial charge in [0.25, 0.3) is 0 Å². The molecule has 4 aromatic rings. The van der Waals surface area contributed by atoms with E-state index in [1.165, 1.54) is 28.4 Å². The van der Waals surface area contributed by atoms with E-state index in [1.807, 2.05) is 29.2 Å². The molecule has 0 unspecified atom stereocenters. The van der Waals surface area contributed by atoms with Gasteiger partial charge in [-0.3, -0.25) is 9.59 Å². The van der Waals surface area contributed by atoms with E-state index in [1.54, 1.807) is 31.1 Å². The van der Waals surface area contributed by atoms with Crippen LogP contribution in [-0.4, -0.2) is 127 Å². The fourth-order valence-corrected chi connectivity index (χ4v) is 10.7. The van der Waals surface area contributed by atoms with Gasteiger partial charge in [0.15, 0.2) is 0 Å². The van der Waals surface area contributed by atoms with Gasteiger partial charge in [-0.25, -0.2) is 19.6 Å². The first-order chi connectivity index (χ1) is 27.8. The van der Waals surface area contributed by atoms with Crippen molar-refractivity contribution in [1.29, 1.82) is 0 Å². The molecule has 17 heteroatoms. The largest absolute Gasteiger partial charge is 0.453 e. The molecule has 0 saturated carbocycles. The van der Waals surface area contributed by atoms with E-state index in [4.69, 9.17) is 23.9 Å². The van der Waals surface area contributed by atoms with Crippen LogP contribution in [0.4, 0.5) is 9.59 Å². The van der Waals surface area contributed by atoms with Gasteiger partial charge in [0.2, 0.25) is 11.8 Å². The molecule has 2 aliphatic rings. The molecule has 2 aliphatic heterocycles. The molecule has 4 heterocycles. The number of carbonyl (C=O) groups is 4. The first-order valence-electron chi connectivity index (χ1n) is 19.4. The van der Waals surface area contributed by atoms with Gasteiger partial charge in [0.1, 0.15) is 23.7 Å². The molecule has 0 aliphatic carbocycles. The Morgan fingerprint density at radius 3 is 1.57 bits per heavy atom. The van der Waals surface area contributed by atoms with Crippen molar-refractivity contribution < 1.29 is 38.1 Å². The SMILES string of the molecule is COC(=O)N[C@H](C(=O)N1CCC[C@H]1c1ncc(-c2ccc(-c3ccc(-c4cnc([C@@H]5C[Si](C)(C)CN5C(=O)[C@@H](NC(=O)OC)[C@@H](C)OC)[nH]4)cc3)cc2)[nH]1)[C@@H](C)OC. The van der Waals surface area contributed by atoms with Crippen molar-refractivity contribution in [2.75, 3.05) is 41.2 Å². The van der Waals surface area contributed by atoms with Crippen LogP contribution in [-0.2, 0) is 28.5 Å². The van der Waals surface area contributed by atoms with Crippen molar-refractivity contribution in [2.45, 2.75) is 82.2 Å². The highest BCUT2D eigenvalue weighted by atomic mass is 28.3. The molecule has 4 N–H and O–H groups in total. The number of carbonyl (C=O) groups excluding carboxylic acids is 4. The molecule has 2 aromatic carbocycles. The van der Waals surface area contributed by atoms with Crippen molar-refractivity contribution in [3.8, 4) is 33.6 Å². The van der Waals surface area contributed by atoms with E-state index < -0.39 is 44.6 Å². The van der Waals surface area contributed by atoms with Crippen LogP contribution in [0.2, 0.25) is 19.1 Å². The van der Waals surface area contributed by atoms with Crippen LogP contribution < -0.4 is 10.6 Å². The summed E-state index contributed by atoms with van der Waals surface area (Å²) in [7, 11) is 3.73. The van der Waals surface area contributed by atoms with E-state index in [9.17, 15) is 19.2 Å². The van der Waals surface area contributed by atoms with Crippen molar-refractivity contribution in [3.63, 3.8) is 0 Å². The number of hydrogen-bond donors (Lipinski definition) is 4. The van der Waals surface area contributed by atoms with Gasteiger partial charge in [-0.15, -0.1) is 0 Å². The third-order valence-electron chi connectivity index (χ3n) is 11.2. The Bertz CT molecular complexity index is 2070. The van der Waals surface area contributed by atoms with Crippen molar-refractivity contribution in [3.05, 3.63) is 72.6 Å². The lowest BCUT2D eigenvalue weighted by atomic mass is 10.0. The Morgan fingerprint density at radius 1 is 0.690 bits per heavy atom. The number of rotatable bonds is 13. The zero-order valence-corrected chi connectivity index (χ0v) is 35.3.